The maximum Gasteiger partial charge on any atom is 0.416 e. The molecule has 1 aromatic carbocycles. The molecule has 0 saturated carbocycles. The number of alkyl halides is 3. The minimum atomic E-state index is -4.37. The number of hydrogen-bond donors (Lipinski definition) is 1. The lowest BCUT2D eigenvalue weighted by Crippen LogP contribution is -2.04. The van der Waals surface area contributed by atoms with Gasteiger partial charge < -0.3 is 10.5 Å². The highest BCUT2D eigenvalue weighted by molar-refractivity contribution is 5.71. The van der Waals surface area contributed by atoms with Crippen molar-refractivity contribution in [1.29, 1.82) is 0 Å². The van der Waals surface area contributed by atoms with Crippen LogP contribution in [0.4, 0.5) is 19.0 Å². The number of benzene rings is 1. The van der Waals surface area contributed by atoms with Crippen molar-refractivity contribution in [3.8, 4) is 17.0 Å². The number of methoxy groups -OCH3 is 1. The van der Waals surface area contributed by atoms with Gasteiger partial charge in [-0.3, -0.25) is 0 Å². The summed E-state index contributed by atoms with van der Waals surface area (Å²) in [5, 5.41) is 0. The van der Waals surface area contributed by atoms with Gasteiger partial charge in [-0.1, -0.05) is 12.1 Å². The number of ether oxygens (including phenoxy) is 1. The van der Waals surface area contributed by atoms with E-state index in [-0.39, 0.29) is 11.6 Å². The van der Waals surface area contributed by atoms with E-state index in [1.54, 1.807) is 0 Å². The van der Waals surface area contributed by atoms with Crippen LogP contribution in [0.1, 0.15) is 5.56 Å². The summed E-state index contributed by atoms with van der Waals surface area (Å²) in [6.45, 7) is 0. The van der Waals surface area contributed by atoms with Crippen molar-refractivity contribution < 1.29 is 17.9 Å². The van der Waals surface area contributed by atoms with E-state index in [0.29, 0.717) is 11.3 Å². The number of rotatable bonds is 2. The number of nitrogens with two attached hydrogens (primary N) is 1. The Hall–Kier alpha value is -2.31. The van der Waals surface area contributed by atoms with Crippen LogP contribution >= 0.6 is 0 Å². The molecule has 0 aliphatic rings. The third-order valence-corrected chi connectivity index (χ3v) is 2.52. The van der Waals surface area contributed by atoms with Gasteiger partial charge >= 0.3 is 6.18 Å². The zero-order valence-corrected chi connectivity index (χ0v) is 9.90. The molecule has 19 heavy (non-hydrogen) atoms. The molecule has 2 rings (SSSR count). The second kappa shape index (κ2) is 4.75. The first-order chi connectivity index (χ1) is 8.93. The fourth-order valence-corrected chi connectivity index (χ4v) is 1.61. The molecule has 0 saturated heterocycles. The van der Waals surface area contributed by atoms with Crippen molar-refractivity contribution in [1.82, 2.24) is 9.97 Å². The molecule has 7 heteroatoms. The zero-order valence-electron chi connectivity index (χ0n) is 9.90. The maximum absolute atomic E-state index is 12.5. The molecular formula is C12H10F3N3O. The van der Waals surface area contributed by atoms with Gasteiger partial charge in [-0.05, 0) is 12.1 Å². The van der Waals surface area contributed by atoms with E-state index >= 15 is 0 Å². The molecule has 0 amide bonds. The van der Waals surface area contributed by atoms with Crippen LogP contribution in [0.2, 0.25) is 0 Å². The van der Waals surface area contributed by atoms with Gasteiger partial charge in [0.25, 0.3) is 0 Å². The van der Waals surface area contributed by atoms with Gasteiger partial charge in [-0.15, -0.1) is 0 Å². The fourth-order valence-electron chi connectivity index (χ4n) is 1.61. The van der Waals surface area contributed by atoms with Crippen molar-refractivity contribution >= 4 is 5.82 Å². The number of aromatic nitrogens is 2. The van der Waals surface area contributed by atoms with Crippen LogP contribution in [0.3, 0.4) is 0 Å². The lowest BCUT2D eigenvalue weighted by Gasteiger charge is -2.10. The highest BCUT2D eigenvalue weighted by Crippen LogP contribution is 2.34. The van der Waals surface area contributed by atoms with Gasteiger partial charge in [-0.2, -0.15) is 13.2 Å². The van der Waals surface area contributed by atoms with E-state index < -0.39 is 11.7 Å². The summed E-state index contributed by atoms with van der Waals surface area (Å²) >= 11 is 0. The highest BCUT2D eigenvalue weighted by atomic mass is 19.4. The summed E-state index contributed by atoms with van der Waals surface area (Å²) in [5.74, 6) is 0.370. The van der Waals surface area contributed by atoms with Crippen molar-refractivity contribution in [3.63, 3.8) is 0 Å². The number of nitrogens with zero attached hydrogens (tertiary/aromatic N) is 2. The molecule has 0 bridgehead atoms. The summed E-state index contributed by atoms with van der Waals surface area (Å²) in [6.07, 6.45) is -3.14. The minimum absolute atomic E-state index is 0.132. The molecular weight excluding hydrogens is 259 g/mol. The second-order valence-corrected chi connectivity index (χ2v) is 3.72. The molecule has 0 fully saturated rings. The largest absolute Gasteiger partial charge is 0.491 e. The zero-order chi connectivity index (χ0) is 14.0. The Morgan fingerprint density at radius 3 is 2.26 bits per heavy atom. The predicted molar refractivity (Wildman–Crippen MR) is 63.4 cm³/mol. The van der Waals surface area contributed by atoms with E-state index in [4.69, 9.17) is 10.5 Å². The normalized spacial score (nSPS) is 11.4. The van der Waals surface area contributed by atoms with E-state index in [1.165, 1.54) is 25.6 Å². The Labute approximate surface area is 107 Å². The van der Waals surface area contributed by atoms with E-state index in [9.17, 15) is 13.2 Å². The number of nitrogen functional groups attached to an aromatic ring is 1. The fraction of sp³-hybridized carbons (Fsp3) is 0.167. The van der Waals surface area contributed by atoms with E-state index in [2.05, 4.69) is 9.97 Å². The predicted octanol–water partition coefficient (Wildman–Crippen LogP) is 2.75. The van der Waals surface area contributed by atoms with Crippen molar-refractivity contribution in [2.24, 2.45) is 0 Å². The summed E-state index contributed by atoms with van der Waals surface area (Å²) in [4.78, 5) is 7.73. The Kier molecular flexibility index (Phi) is 3.28. The van der Waals surface area contributed by atoms with Crippen LogP contribution in [0.5, 0.6) is 5.75 Å². The molecule has 1 heterocycles. The summed E-state index contributed by atoms with van der Waals surface area (Å²) in [7, 11) is 1.39. The third kappa shape index (κ3) is 2.59. The minimum Gasteiger partial charge on any atom is -0.491 e. The van der Waals surface area contributed by atoms with Gasteiger partial charge in [-0.25, -0.2) is 9.97 Å². The van der Waals surface area contributed by atoms with Crippen LogP contribution in [0, 0.1) is 0 Å². The summed E-state index contributed by atoms with van der Waals surface area (Å²) < 4.78 is 42.4. The molecule has 2 aromatic rings. The first-order valence-corrected chi connectivity index (χ1v) is 5.25. The quantitative estimate of drug-likeness (QED) is 0.910. The second-order valence-electron chi connectivity index (χ2n) is 3.72. The molecule has 2 N–H and O–H groups in total. The number of hydrogen-bond acceptors (Lipinski definition) is 4. The molecule has 0 spiro atoms. The topological polar surface area (TPSA) is 61.0 Å². The van der Waals surface area contributed by atoms with Crippen LogP contribution in [0.25, 0.3) is 11.3 Å². The lowest BCUT2D eigenvalue weighted by atomic mass is 10.1. The molecule has 4 nitrogen and oxygen atoms in total. The molecule has 1 aromatic heterocycles. The average Bonchev–Trinajstić information content (AvgIpc) is 2.37. The average molecular weight is 269 g/mol. The van der Waals surface area contributed by atoms with Gasteiger partial charge in [0.1, 0.15) is 12.0 Å². The Morgan fingerprint density at radius 1 is 1.11 bits per heavy atom. The first kappa shape index (κ1) is 13.1. The van der Waals surface area contributed by atoms with Gasteiger partial charge in [0.2, 0.25) is 0 Å². The van der Waals surface area contributed by atoms with Crippen LogP contribution in [-0.2, 0) is 6.18 Å². The van der Waals surface area contributed by atoms with Gasteiger partial charge in [0.15, 0.2) is 11.6 Å². The van der Waals surface area contributed by atoms with Crippen molar-refractivity contribution in [2.75, 3.05) is 12.8 Å². The molecule has 0 aliphatic carbocycles. The van der Waals surface area contributed by atoms with Crippen LogP contribution in [0.15, 0.2) is 30.6 Å². The Balaban J connectivity index is 2.46. The van der Waals surface area contributed by atoms with Crippen LogP contribution < -0.4 is 10.5 Å². The molecule has 0 atom stereocenters. The maximum atomic E-state index is 12.5. The lowest BCUT2D eigenvalue weighted by molar-refractivity contribution is -0.137. The first-order valence-electron chi connectivity index (χ1n) is 5.25. The molecule has 0 radical (unpaired) electrons. The number of halogens is 3. The third-order valence-electron chi connectivity index (χ3n) is 2.52. The van der Waals surface area contributed by atoms with Gasteiger partial charge in [0, 0.05) is 5.56 Å². The van der Waals surface area contributed by atoms with Gasteiger partial charge in [0.05, 0.1) is 12.7 Å². The Bertz CT molecular complexity index is 582. The van der Waals surface area contributed by atoms with Crippen molar-refractivity contribution in [2.45, 2.75) is 6.18 Å². The SMILES string of the molecule is COc1c(N)ncnc1-c1ccc(C(F)(F)F)cc1. The Morgan fingerprint density at radius 2 is 1.74 bits per heavy atom. The summed E-state index contributed by atoms with van der Waals surface area (Å²) in [6, 6.07) is 4.58. The molecule has 0 aliphatic heterocycles. The smallest absolute Gasteiger partial charge is 0.416 e. The highest BCUT2D eigenvalue weighted by Gasteiger charge is 2.30. The standard InChI is InChI=1S/C12H10F3N3O/c1-19-10-9(17-6-18-11(10)16)7-2-4-8(5-3-7)12(13,14)15/h2-6H,1H3,(H2,16,17,18). The van der Waals surface area contributed by atoms with E-state index in [1.807, 2.05) is 0 Å². The number of anilines is 1. The molecule has 0 unspecified atom stereocenters. The monoisotopic (exact) mass is 269 g/mol. The van der Waals surface area contributed by atoms with E-state index in [0.717, 1.165) is 12.1 Å². The summed E-state index contributed by atoms with van der Waals surface area (Å²) in [5.41, 5.74) is 5.71. The molecule has 100 valence electrons. The van der Waals surface area contributed by atoms with Crippen LogP contribution in [-0.4, -0.2) is 17.1 Å². The van der Waals surface area contributed by atoms with Crippen molar-refractivity contribution in [3.05, 3.63) is 36.2 Å².